The van der Waals surface area contributed by atoms with E-state index in [1.807, 2.05) is 0 Å². The van der Waals surface area contributed by atoms with Crippen LogP contribution < -0.4 is 0 Å². The number of hydrogen-bond acceptors (Lipinski definition) is 5. The van der Waals surface area contributed by atoms with Gasteiger partial charge in [0.15, 0.2) is 0 Å². The predicted molar refractivity (Wildman–Crippen MR) is 73.2 cm³/mol. The molecule has 0 saturated heterocycles. The van der Waals surface area contributed by atoms with Crippen LogP contribution in [0, 0.1) is 0 Å². The summed E-state index contributed by atoms with van der Waals surface area (Å²) in [6.07, 6.45) is 3.07. The minimum absolute atomic E-state index is 0.112. The summed E-state index contributed by atoms with van der Waals surface area (Å²) < 4.78 is 4.93. The highest BCUT2D eigenvalue weighted by Crippen LogP contribution is 2.31. The number of ether oxygens (including phenoxy) is 1. The number of carbonyl (C=O) groups is 2. The fraction of sp³-hybridized carbons (Fsp3) is 0.857. The number of hydrogen-bond donors (Lipinski definition) is 3. The van der Waals surface area contributed by atoms with Gasteiger partial charge in [-0.3, -0.25) is 0 Å². The summed E-state index contributed by atoms with van der Waals surface area (Å²) in [5.41, 5.74) is -4.97. The molecule has 0 heterocycles. The number of carboxylic acids is 1. The van der Waals surface area contributed by atoms with Crippen LogP contribution in [0.3, 0.4) is 0 Å². The van der Waals surface area contributed by atoms with Crippen LogP contribution in [0.15, 0.2) is 0 Å². The molecule has 2 unspecified atom stereocenters. The second-order valence-corrected chi connectivity index (χ2v) is 4.93. The van der Waals surface area contributed by atoms with Gasteiger partial charge >= 0.3 is 11.9 Å². The van der Waals surface area contributed by atoms with Crippen LogP contribution in [-0.2, 0) is 14.3 Å². The van der Waals surface area contributed by atoms with Gasteiger partial charge in [0.2, 0.25) is 11.2 Å². The van der Waals surface area contributed by atoms with E-state index in [0.29, 0.717) is 6.42 Å². The molecule has 0 spiro atoms. The third kappa shape index (κ3) is 3.93. The maximum absolute atomic E-state index is 11.9. The Morgan fingerprint density at radius 3 is 1.90 bits per heavy atom. The van der Waals surface area contributed by atoms with Gasteiger partial charge in [0.1, 0.15) is 0 Å². The fourth-order valence-corrected chi connectivity index (χ4v) is 2.04. The number of aliphatic hydroxyl groups is 2. The van der Waals surface area contributed by atoms with Gasteiger partial charge in [-0.05, 0) is 19.3 Å². The molecule has 6 heteroatoms. The fourth-order valence-electron chi connectivity index (χ4n) is 2.04. The summed E-state index contributed by atoms with van der Waals surface area (Å²) in [7, 11) is 0. The van der Waals surface area contributed by atoms with E-state index >= 15 is 0 Å². The van der Waals surface area contributed by atoms with Gasteiger partial charge in [0, 0.05) is 0 Å². The standard InChI is InChI=1S/C14H26O6/c1-4-7-8-9-10-20-12(17)14(19,6-3)13(18,5-2)11(15)16/h18-19H,4-10H2,1-3H3,(H,15,16). The molecule has 3 N–H and O–H groups in total. The smallest absolute Gasteiger partial charge is 0.341 e. The van der Waals surface area contributed by atoms with Crippen molar-refractivity contribution in [2.75, 3.05) is 6.61 Å². The lowest BCUT2D eigenvalue weighted by Gasteiger charge is -2.37. The van der Waals surface area contributed by atoms with Crippen molar-refractivity contribution in [3.05, 3.63) is 0 Å². The zero-order valence-corrected chi connectivity index (χ0v) is 12.5. The number of carboxylic acid groups (broad SMARTS) is 1. The molecule has 0 aromatic rings. The van der Waals surface area contributed by atoms with Crippen LogP contribution in [0.1, 0.15) is 59.3 Å². The minimum Gasteiger partial charge on any atom is -0.479 e. The van der Waals surface area contributed by atoms with Crippen LogP contribution in [0.5, 0.6) is 0 Å². The second-order valence-electron chi connectivity index (χ2n) is 4.93. The number of unbranched alkanes of at least 4 members (excludes halogenated alkanes) is 3. The van der Waals surface area contributed by atoms with Gasteiger partial charge in [0.05, 0.1) is 6.61 Å². The van der Waals surface area contributed by atoms with E-state index in [2.05, 4.69) is 6.92 Å². The van der Waals surface area contributed by atoms with Crippen molar-refractivity contribution in [2.24, 2.45) is 0 Å². The Morgan fingerprint density at radius 2 is 1.50 bits per heavy atom. The normalized spacial score (nSPS) is 17.1. The third-order valence-corrected chi connectivity index (χ3v) is 3.63. The SMILES string of the molecule is CCCCCCOC(=O)C(O)(CC)C(O)(CC)C(=O)O. The largest absolute Gasteiger partial charge is 0.479 e. The molecule has 0 fully saturated rings. The van der Waals surface area contributed by atoms with Crippen molar-refractivity contribution in [3.63, 3.8) is 0 Å². The molecule has 2 atom stereocenters. The number of rotatable bonds is 10. The molecule has 0 rings (SSSR count). The number of carbonyl (C=O) groups excluding carboxylic acids is 1. The van der Waals surface area contributed by atoms with Crippen molar-refractivity contribution >= 4 is 11.9 Å². The first-order valence-corrected chi connectivity index (χ1v) is 7.15. The third-order valence-electron chi connectivity index (χ3n) is 3.63. The molecule has 0 aromatic heterocycles. The Kier molecular flexibility index (Phi) is 7.75. The Hall–Kier alpha value is -1.14. The van der Waals surface area contributed by atoms with Gasteiger partial charge in [0.25, 0.3) is 0 Å². The van der Waals surface area contributed by atoms with Crippen LogP contribution >= 0.6 is 0 Å². The average molecular weight is 290 g/mol. The summed E-state index contributed by atoms with van der Waals surface area (Å²) in [5, 5.41) is 29.4. The summed E-state index contributed by atoms with van der Waals surface area (Å²) >= 11 is 0. The van der Waals surface area contributed by atoms with Crippen molar-refractivity contribution in [1.82, 2.24) is 0 Å². The molecule has 0 aromatic carbocycles. The summed E-state index contributed by atoms with van der Waals surface area (Å²) in [4.78, 5) is 23.1. The molecule has 0 aliphatic carbocycles. The zero-order chi connectivity index (χ0) is 15.8. The Labute approximate surface area is 119 Å². The molecule has 0 aliphatic heterocycles. The summed E-state index contributed by atoms with van der Waals surface area (Å²) in [5.74, 6) is -2.71. The predicted octanol–water partition coefficient (Wildman–Crippen LogP) is 1.48. The molecular formula is C14H26O6. The number of esters is 1. The van der Waals surface area contributed by atoms with Crippen LogP contribution in [0.4, 0.5) is 0 Å². The highest BCUT2D eigenvalue weighted by atomic mass is 16.6. The summed E-state index contributed by atoms with van der Waals surface area (Å²) in [6, 6.07) is 0. The molecule has 0 amide bonds. The van der Waals surface area contributed by atoms with Gasteiger partial charge in [-0.1, -0.05) is 40.0 Å². The molecule has 0 radical (unpaired) electrons. The second kappa shape index (κ2) is 8.21. The highest BCUT2D eigenvalue weighted by molar-refractivity contribution is 5.91. The van der Waals surface area contributed by atoms with Crippen molar-refractivity contribution < 1.29 is 29.6 Å². The van der Waals surface area contributed by atoms with E-state index in [4.69, 9.17) is 9.84 Å². The Morgan fingerprint density at radius 1 is 0.950 bits per heavy atom. The van der Waals surface area contributed by atoms with Crippen molar-refractivity contribution in [2.45, 2.75) is 70.5 Å². The Bertz CT molecular complexity index is 330. The van der Waals surface area contributed by atoms with E-state index < -0.39 is 23.1 Å². The minimum atomic E-state index is -2.54. The number of aliphatic carboxylic acids is 1. The average Bonchev–Trinajstić information content (AvgIpc) is 2.44. The zero-order valence-electron chi connectivity index (χ0n) is 12.5. The first-order chi connectivity index (χ1) is 9.30. The topological polar surface area (TPSA) is 104 Å². The maximum atomic E-state index is 11.9. The molecule has 0 saturated carbocycles. The first-order valence-electron chi connectivity index (χ1n) is 7.15. The van der Waals surface area contributed by atoms with Gasteiger partial charge in [-0.25, -0.2) is 9.59 Å². The van der Waals surface area contributed by atoms with E-state index in [9.17, 15) is 19.8 Å². The summed E-state index contributed by atoms with van der Waals surface area (Å²) in [6.45, 7) is 4.99. The quantitative estimate of drug-likeness (QED) is 0.416. The van der Waals surface area contributed by atoms with Crippen LogP contribution in [0.2, 0.25) is 0 Å². The highest BCUT2D eigenvalue weighted by Gasteiger charge is 2.59. The van der Waals surface area contributed by atoms with Gasteiger partial charge in [-0.2, -0.15) is 0 Å². The van der Waals surface area contributed by atoms with E-state index in [1.54, 1.807) is 0 Å². The lowest BCUT2D eigenvalue weighted by molar-refractivity contribution is -0.211. The monoisotopic (exact) mass is 290 g/mol. The Balaban J connectivity index is 4.78. The van der Waals surface area contributed by atoms with Gasteiger partial charge < -0.3 is 20.1 Å². The van der Waals surface area contributed by atoms with E-state index in [-0.39, 0.29) is 19.4 Å². The lowest BCUT2D eigenvalue weighted by atomic mass is 9.78. The van der Waals surface area contributed by atoms with Gasteiger partial charge in [-0.15, -0.1) is 0 Å². The van der Waals surface area contributed by atoms with E-state index in [0.717, 1.165) is 19.3 Å². The maximum Gasteiger partial charge on any atom is 0.341 e. The molecule has 6 nitrogen and oxygen atoms in total. The molecular weight excluding hydrogens is 264 g/mol. The van der Waals surface area contributed by atoms with Crippen LogP contribution in [-0.4, -0.2) is 45.1 Å². The molecule has 118 valence electrons. The first kappa shape index (κ1) is 18.9. The molecule has 0 bridgehead atoms. The van der Waals surface area contributed by atoms with Crippen molar-refractivity contribution in [3.8, 4) is 0 Å². The van der Waals surface area contributed by atoms with Crippen molar-refractivity contribution in [1.29, 1.82) is 0 Å². The van der Waals surface area contributed by atoms with Crippen LogP contribution in [0.25, 0.3) is 0 Å². The molecule has 20 heavy (non-hydrogen) atoms. The molecule has 0 aliphatic rings. The van der Waals surface area contributed by atoms with E-state index in [1.165, 1.54) is 13.8 Å². The lowest BCUT2D eigenvalue weighted by Crippen LogP contribution is -2.63.